The molecule has 0 spiro atoms. The number of carbonyl (C=O) groups is 1. The smallest absolute Gasteiger partial charge is 0.137 e. The fourth-order valence-corrected chi connectivity index (χ4v) is 2.40. The molecule has 1 aliphatic heterocycles. The predicted octanol–water partition coefficient (Wildman–Crippen LogP) is 2.80. The van der Waals surface area contributed by atoms with Crippen molar-refractivity contribution in [3.8, 4) is 0 Å². The van der Waals surface area contributed by atoms with Crippen LogP contribution < -0.4 is 0 Å². The minimum Gasteiger partial charge on any atom is -0.299 e. The van der Waals surface area contributed by atoms with E-state index in [0.29, 0.717) is 18.6 Å². The summed E-state index contributed by atoms with van der Waals surface area (Å²) in [5.74, 6) is 0.332. The first-order chi connectivity index (χ1) is 8.29. The second-order valence-corrected chi connectivity index (χ2v) is 4.82. The first-order valence-corrected chi connectivity index (χ1v) is 6.60. The van der Waals surface area contributed by atoms with E-state index in [1.165, 1.54) is 37.1 Å². The van der Waals surface area contributed by atoms with Crippen LogP contribution in [0.2, 0.25) is 0 Å². The normalized spacial score (nSPS) is 16.3. The maximum absolute atomic E-state index is 11.6. The first kappa shape index (κ1) is 12.3. The highest BCUT2D eigenvalue weighted by molar-refractivity contribution is 5.80. The fourth-order valence-electron chi connectivity index (χ4n) is 2.40. The van der Waals surface area contributed by atoms with Crippen molar-refractivity contribution < 1.29 is 4.79 Å². The van der Waals surface area contributed by atoms with Crippen LogP contribution in [0.25, 0.3) is 0 Å². The lowest BCUT2D eigenvalue weighted by atomic mass is 10.0. The van der Waals surface area contributed by atoms with E-state index in [1.807, 2.05) is 13.0 Å². The predicted molar refractivity (Wildman–Crippen MR) is 70.0 cm³/mol. The minimum atomic E-state index is 0.332. The molecule has 0 amide bonds. The minimum absolute atomic E-state index is 0.332. The van der Waals surface area contributed by atoms with Crippen molar-refractivity contribution in [1.29, 1.82) is 0 Å². The van der Waals surface area contributed by atoms with Gasteiger partial charge in [-0.15, -0.1) is 0 Å². The topological polar surface area (TPSA) is 20.3 Å². The molecule has 0 bridgehead atoms. The number of Topliss-reactive ketones (excluding diaryl/α,β-unsaturated/α-hetero) is 1. The molecule has 0 atom stereocenters. The van der Waals surface area contributed by atoms with Gasteiger partial charge in [-0.1, -0.05) is 31.2 Å². The van der Waals surface area contributed by atoms with Gasteiger partial charge >= 0.3 is 0 Å². The highest BCUT2D eigenvalue weighted by Crippen LogP contribution is 2.17. The van der Waals surface area contributed by atoms with Gasteiger partial charge in [-0.3, -0.25) is 9.69 Å². The van der Waals surface area contributed by atoms with E-state index in [4.69, 9.17) is 0 Å². The SMILES string of the molecule is CCC(=O)Cc1ccccc1CN1CCCC1. The lowest BCUT2D eigenvalue weighted by Crippen LogP contribution is -2.19. The molecular weight excluding hydrogens is 210 g/mol. The van der Waals surface area contributed by atoms with Gasteiger partial charge in [0.15, 0.2) is 0 Å². The van der Waals surface area contributed by atoms with Crippen LogP contribution in [0.15, 0.2) is 24.3 Å². The Labute approximate surface area is 104 Å². The number of benzene rings is 1. The monoisotopic (exact) mass is 231 g/mol. The summed E-state index contributed by atoms with van der Waals surface area (Å²) in [5, 5.41) is 0. The molecule has 2 heteroatoms. The molecule has 2 nitrogen and oxygen atoms in total. The number of rotatable bonds is 5. The number of ketones is 1. The standard InChI is InChI=1S/C15H21NO/c1-2-15(17)11-13-7-3-4-8-14(13)12-16-9-5-6-10-16/h3-4,7-8H,2,5-6,9-12H2,1H3. The summed E-state index contributed by atoms with van der Waals surface area (Å²) in [7, 11) is 0. The van der Waals surface area contributed by atoms with Crippen molar-refractivity contribution in [3.63, 3.8) is 0 Å². The average molecular weight is 231 g/mol. The third-order valence-corrected chi connectivity index (χ3v) is 3.49. The Hall–Kier alpha value is -1.15. The Bertz CT molecular complexity index is 380. The van der Waals surface area contributed by atoms with Gasteiger partial charge in [0, 0.05) is 19.4 Å². The number of nitrogens with zero attached hydrogens (tertiary/aromatic N) is 1. The van der Waals surface area contributed by atoms with E-state index < -0.39 is 0 Å². The Morgan fingerprint density at radius 1 is 1.18 bits per heavy atom. The molecule has 1 saturated heterocycles. The zero-order chi connectivity index (χ0) is 12.1. The second-order valence-electron chi connectivity index (χ2n) is 4.82. The maximum Gasteiger partial charge on any atom is 0.137 e. The Balaban J connectivity index is 2.06. The lowest BCUT2D eigenvalue weighted by molar-refractivity contribution is -0.118. The molecule has 92 valence electrons. The first-order valence-electron chi connectivity index (χ1n) is 6.60. The molecule has 1 aliphatic rings. The third-order valence-electron chi connectivity index (χ3n) is 3.49. The summed E-state index contributed by atoms with van der Waals surface area (Å²) in [6.45, 7) is 5.35. The van der Waals surface area contributed by atoms with Crippen LogP contribution in [-0.2, 0) is 17.8 Å². The lowest BCUT2D eigenvalue weighted by Gasteiger charge is -2.17. The van der Waals surface area contributed by atoms with Gasteiger partial charge < -0.3 is 0 Å². The summed E-state index contributed by atoms with van der Waals surface area (Å²) < 4.78 is 0. The Morgan fingerprint density at radius 2 is 1.82 bits per heavy atom. The summed E-state index contributed by atoms with van der Waals surface area (Å²) in [6, 6.07) is 8.37. The van der Waals surface area contributed by atoms with E-state index in [2.05, 4.69) is 23.1 Å². The van der Waals surface area contributed by atoms with Gasteiger partial charge in [-0.2, -0.15) is 0 Å². The highest BCUT2D eigenvalue weighted by atomic mass is 16.1. The summed E-state index contributed by atoms with van der Waals surface area (Å²) in [6.07, 6.45) is 3.87. The Kier molecular flexibility index (Phi) is 4.32. The average Bonchev–Trinajstić information content (AvgIpc) is 2.84. The second kappa shape index (κ2) is 5.97. The van der Waals surface area contributed by atoms with E-state index in [1.54, 1.807) is 0 Å². The fraction of sp³-hybridized carbons (Fsp3) is 0.533. The van der Waals surface area contributed by atoms with Crippen LogP contribution in [0.5, 0.6) is 0 Å². The van der Waals surface area contributed by atoms with Crippen LogP contribution in [-0.4, -0.2) is 23.8 Å². The van der Waals surface area contributed by atoms with Crippen molar-refractivity contribution in [2.45, 2.75) is 39.2 Å². The van der Waals surface area contributed by atoms with Crippen molar-refractivity contribution in [1.82, 2.24) is 4.90 Å². The summed E-state index contributed by atoms with van der Waals surface area (Å²) in [4.78, 5) is 14.0. The maximum atomic E-state index is 11.6. The van der Waals surface area contributed by atoms with Crippen LogP contribution in [0.4, 0.5) is 0 Å². The molecule has 2 rings (SSSR count). The van der Waals surface area contributed by atoms with Crippen molar-refractivity contribution >= 4 is 5.78 Å². The number of hydrogen-bond acceptors (Lipinski definition) is 2. The highest BCUT2D eigenvalue weighted by Gasteiger charge is 2.14. The molecule has 0 unspecified atom stereocenters. The number of carbonyl (C=O) groups excluding carboxylic acids is 1. The molecule has 1 heterocycles. The number of likely N-dealkylation sites (tertiary alicyclic amines) is 1. The quantitative estimate of drug-likeness (QED) is 0.776. The van der Waals surface area contributed by atoms with Gasteiger partial charge in [-0.25, -0.2) is 0 Å². The number of hydrogen-bond donors (Lipinski definition) is 0. The van der Waals surface area contributed by atoms with Gasteiger partial charge in [-0.05, 0) is 37.1 Å². The van der Waals surface area contributed by atoms with Crippen molar-refractivity contribution in [2.75, 3.05) is 13.1 Å². The largest absolute Gasteiger partial charge is 0.299 e. The molecule has 0 radical (unpaired) electrons. The molecular formula is C15H21NO. The molecule has 1 aromatic carbocycles. The van der Waals surface area contributed by atoms with E-state index in [9.17, 15) is 4.79 Å². The van der Waals surface area contributed by atoms with Crippen LogP contribution in [0.1, 0.15) is 37.3 Å². The summed E-state index contributed by atoms with van der Waals surface area (Å²) in [5.41, 5.74) is 2.54. The van der Waals surface area contributed by atoms with Gasteiger partial charge in [0.1, 0.15) is 5.78 Å². The van der Waals surface area contributed by atoms with Gasteiger partial charge in [0.2, 0.25) is 0 Å². The van der Waals surface area contributed by atoms with Crippen LogP contribution in [0.3, 0.4) is 0 Å². The van der Waals surface area contributed by atoms with E-state index in [0.717, 1.165) is 6.54 Å². The third kappa shape index (κ3) is 3.40. The molecule has 0 N–H and O–H groups in total. The van der Waals surface area contributed by atoms with Crippen LogP contribution >= 0.6 is 0 Å². The molecule has 1 fully saturated rings. The van der Waals surface area contributed by atoms with Crippen molar-refractivity contribution in [3.05, 3.63) is 35.4 Å². The molecule has 17 heavy (non-hydrogen) atoms. The van der Waals surface area contributed by atoms with E-state index in [-0.39, 0.29) is 0 Å². The van der Waals surface area contributed by atoms with Gasteiger partial charge in [0.25, 0.3) is 0 Å². The molecule has 0 aliphatic carbocycles. The van der Waals surface area contributed by atoms with E-state index >= 15 is 0 Å². The van der Waals surface area contributed by atoms with Gasteiger partial charge in [0.05, 0.1) is 0 Å². The molecule has 0 saturated carbocycles. The Morgan fingerprint density at radius 3 is 2.47 bits per heavy atom. The molecule has 0 aromatic heterocycles. The van der Waals surface area contributed by atoms with Crippen LogP contribution in [0, 0.1) is 0 Å². The zero-order valence-electron chi connectivity index (χ0n) is 10.6. The summed E-state index contributed by atoms with van der Waals surface area (Å²) >= 11 is 0. The zero-order valence-corrected chi connectivity index (χ0v) is 10.6. The molecule has 1 aromatic rings. The van der Waals surface area contributed by atoms with Crippen molar-refractivity contribution in [2.24, 2.45) is 0 Å².